The lowest BCUT2D eigenvalue weighted by atomic mass is 10.0. The van der Waals surface area contributed by atoms with E-state index in [1.807, 2.05) is 69.4 Å². The molecule has 0 radical (unpaired) electrons. The highest BCUT2D eigenvalue weighted by Gasteiger charge is 2.16. The summed E-state index contributed by atoms with van der Waals surface area (Å²) in [5.41, 5.74) is 4.41. The fourth-order valence-corrected chi connectivity index (χ4v) is 2.68. The minimum absolute atomic E-state index is 0.159. The molecule has 26 heavy (non-hydrogen) atoms. The van der Waals surface area contributed by atoms with Gasteiger partial charge in [-0.25, -0.2) is 0 Å². The van der Waals surface area contributed by atoms with Crippen molar-refractivity contribution in [3.05, 3.63) is 88.7 Å². The average molecular weight is 344 g/mol. The topological polar surface area (TPSA) is 59.6 Å². The molecule has 0 fully saturated rings. The Morgan fingerprint density at radius 1 is 0.962 bits per heavy atom. The number of rotatable bonds is 5. The molecule has 3 aromatic rings. The van der Waals surface area contributed by atoms with Crippen LogP contribution in [0.1, 0.15) is 32.9 Å². The number of benzene rings is 2. The Balaban J connectivity index is 1.99. The molecule has 0 N–H and O–H groups in total. The first-order valence-corrected chi connectivity index (χ1v) is 8.34. The highest BCUT2D eigenvalue weighted by Crippen LogP contribution is 2.11. The van der Waals surface area contributed by atoms with Crippen molar-refractivity contribution >= 4 is 17.7 Å². The van der Waals surface area contributed by atoms with E-state index in [9.17, 15) is 4.79 Å². The Morgan fingerprint density at radius 3 is 2.08 bits per heavy atom. The zero-order valence-corrected chi connectivity index (χ0v) is 15.0. The number of Topliss-reactive ketones (excluding diaryl/α,β-unsaturated/α-hetero) is 1. The van der Waals surface area contributed by atoms with Crippen LogP contribution >= 0.6 is 0 Å². The molecule has 5 heteroatoms. The molecular formula is C21H20N4O. The molecule has 0 aliphatic carbocycles. The Labute approximate surface area is 152 Å². The third kappa shape index (κ3) is 3.67. The number of carbonyl (C=O) groups is 1. The minimum Gasteiger partial charge on any atom is -0.287 e. The van der Waals surface area contributed by atoms with E-state index in [1.54, 1.807) is 23.0 Å². The predicted molar refractivity (Wildman–Crippen MR) is 104 cm³/mol. The lowest BCUT2D eigenvalue weighted by molar-refractivity contribution is 0.106. The summed E-state index contributed by atoms with van der Waals surface area (Å²) in [5, 5.41) is 12.8. The van der Waals surface area contributed by atoms with Crippen molar-refractivity contribution in [1.82, 2.24) is 9.78 Å². The first kappa shape index (κ1) is 17.5. The molecule has 0 spiro atoms. The number of hydrogen-bond acceptors (Lipinski definition) is 4. The lowest BCUT2D eigenvalue weighted by Crippen LogP contribution is -2.15. The molecule has 0 atom stereocenters. The third-order valence-corrected chi connectivity index (χ3v) is 4.21. The molecule has 0 amide bonds. The molecule has 1 aromatic heterocycles. The molecule has 0 saturated heterocycles. The highest BCUT2D eigenvalue weighted by atomic mass is 16.1. The van der Waals surface area contributed by atoms with Gasteiger partial charge in [-0.1, -0.05) is 60.7 Å². The van der Waals surface area contributed by atoms with Crippen molar-refractivity contribution in [3.8, 4) is 0 Å². The van der Waals surface area contributed by atoms with Gasteiger partial charge in [-0.2, -0.15) is 10.2 Å². The van der Waals surface area contributed by atoms with Crippen LogP contribution in [0.5, 0.6) is 0 Å². The molecule has 2 aromatic carbocycles. The average Bonchev–Trinajstić information content (AvgIpc) is 2.92. The maximum absolute atomic E-state index is 12.9. The number of carbonyl (C=O) groups excluding carboxylic acids is 1. The van der Waals surface area contributed by atoms with E-state index >= 15 is 0 Å². The number of nitrogens with zero attached hydrogens (tertiary/aromatic N) is 4. The number of aromatic nitrogens is 2. The highest BCUT2D eigenvalue weighted by molar-refractivity contribution is 6.51. The smallest absolute Gasteiger partial charge is 0.213 e. The van der Waals surface area contributed by atoms with E-state index in [-0.39, 0.29) is 5.78 Å². The van der Waals surface area contributed by atoms with Crippen LogP contribution in [0, 0.1) is 13.8 Å². The standard InChI is InChI=1S/C21H20N4O/c1-15-19(16(2)25(3)24-15)14-22-23-20(17-10-6-4-7-11-17)21(26)18-12-8-5-9-13-18/h4-14H,1-3H3/b22-14-,23-20-. The van der Waals surface area contributed by atoms with Crippen molar-refractivity contribution in [2.24, 2.45) is 17.3 Å². The summed E-state index contributed by atoms with van der Waals surface area (Å²) < 4.78 is 1.80. The van der Waals surface area contributed by atoms with Crippen molar-refractivity contribution in [3.63, 3.8) is 0 Å². The quantitative estimate of drug-likeness (QED) is 0.402. The van der Waals surface area contributed by atoms with E-state index in [1.165, 1.54) is 0 Å². The maximum Gasteiger partial charge on any atom is 0.213 e. The molecule has 0 bridgehead atoms. The van der Waals surface area contributed by atoms with Gasteiger partial charge >= 0.3 is 0 Å². The second-order valence-corrected chi connectivity index (χ2v) is 5.96. The summed E-state index contributed by atoms with van der Waals surface area (Å²) >= 11 is 0. The van der Waals surface area contributed by atoms with Gasteiger partial charge in [-0.3, -0.25) is 9.48 Å². The molecule has 0 aliphatic heterocycles. The SMILES string of the molecule is Cc1nn(C)c(C)c1/C=N\N=C(/C(=O)c1ccccc1)c1ccccc1. The third-order valence-electron chi connectivity index (χ3n) is 4.21. The van der Waals surface area contributed by atoms with E-state index < -0.39 is 0 Å². The predicted octanol–water partition coefficient (Wildman–Crippen LogP) is 3.74. The van der Waals surface area contributed by atoms with Gasteiger partial charge in [0.05, 0.1) is 11.9 Å². The molecule has 3 rings (SSSR count). The van der Waals surface area contributed by atoms with Crippen LogP contribution in [-0.4, -0.2) is 27.5 Å². The van der Waals surface area contributed by atoms with Gasteiger partial charge in [-0.15, -0.1) is 5.10 Å². The monoisotopic (exact) mass is 344 g/mol. The zero-order valence-electron chi connectivity index (χ0n) is 15.0. The molecule has 0 saturated carbocycles. The van der Waals surface area contributed by atoms with Gasteiger partial charge in [0.15, 0.2) is 0 Å². The first-order chi connectivity index (χ1) is 12.6. The summed E-state index contributed by atoms with van der Waals surface area (Å²) in [4.78, 5) is 12.9. The summed E-state index contributed by atoms with van der Waals surface area (Å²) in [7, 11) is 1.89. The van der Waals surface area contributed by atoms with E-state index in [0.717, 1.165) is 22.5 Å². The minimum atomic E-state index is -0.159. The Kier molecular flexibility index (Phi) is 5.17. The maximum atomic E-state index is 12.9. The van der Waals surface area contributed by atoms with Crippen LogP contribution in [0.25, 0.3) is 0 Å². The lowest BCUT2D eigenvalue weighted by Gasteiger charge is -2.04. The van der Waals surface area contributed by atoms with Crippen LogP contribution in [0.4, 0.5) is 0 Å². The Hall–Kier alpha value is -3.34. The van der Waals surface area contributed by atoms with Crippen LogP contribution in [0.15, 0.2) is 70.9 Å². The van der Waals surface area contributed by atoms with E-state index in [0.29, 0.717) is 11.3 Å². The number of ketones is 1. The first-order valence-electron chi connectivity index (χ1n) is 8.34. The summed E-state index contributed by atoms with van der Waals surface area (Å²) in [5.74, 6) is -0.159. The molecule has 130 valence electrons. The van der Waals surface area contributed by atoms with Crippen LogP contribution in [0.3, 0.4) is 0 Å². The van der Waals surface area contributed by atoms with Crippen LogP contribution in [0.2, 0.25) is 0 Å². The second kappa shape index (κ2) is 7.70. The van der Waals surface area contributed by atoms with Gasteiger partial charge in [0.2, 0.25) is 5.78 Å². The zero-order chi connectivity index (χ0) is 18.5. The van der Waals surface area contributed by atoms with E-state index in [2.05, 4.69) is 15.3 Å². The van der Waals surface area contributed by atoms with Gasteiger partial charge in [0, 0.05) is 29.4 Å². The molecule has 0 aliphatic rings. The van der Waals surface area contributed by atoms with Crippen molar-refractivity contribution in [2.45, 2.75) is 13.8 Å². The van der Waals surface area contributed by atoms with Crippen LogP contribution in [-0.2, 0) is 7.05 Å². The number of hydrogen-bond donors (Lipinski definition) is 0. The summed E-state index contributed by atoms with van der Waals surface area (Å²) in [6.07, 6.45) is 1.65. The Morgan fingerprint density at radius 2 is 1.54 bits per heavy atom. The van der Waals surface area contributed by atoms with Crippen molar-refractivity contribution in [1.29, 1.82) is 0 Å². The Bertz CT molecular complexity index is 970. The van der Waals surface area contributed by atoms with Gasteiger partial charge in [0.1, 0.15) is 5.71 Å². The molecule has 5 nitrogen and oxygen atoms in total. The molecule has 1 heterocycles. The fraction of sp³-hybridized carbons (Fsp3) is 0.143. The normalized spacial score (nSPS) is 11.9. The fourth-order valence-electron chi connectivity index (χ4n) is 2.68. The largest absolute Gasteiger partial charge is 0.287 e. The van der Waals surface area contributed by atoms with Gasteiger partial charge in [0.25, 0.3) is 0 Å². The molecular weight excluding hydrogens is 324 g/mol. The van der Waals surface area contributed by atoms with E-state index in [4.69, 9.17) is 0 Å². The van der Waals surface area contributed by atoms with Crippen molar-refractivity contribution < 1.29 is 4.79 Å². The van der Waals surface area contributed by atoms with Gasteiger partial charge < -0.3 is 0 Å². The second-order valence-electron chi connectivity index (χ2n) is 5.96. The van der Waals surface area contributed by atoms with Crippen molar-refractivity contribution in [2.75, 3.05) is 0 Å². The summed E-state index contributed by atoms with van der Waals surface area (Å²) in [6, 6.07) is 18.5. The van der Waals surface area contributed by atoms with Gasteiger partial charge in [-0.05, 0) is 13.8 Å². The van der Waals surface area contributed by atoms with Crippen LogP contribution < -0.4 is 0 Å². The number of aryl methyl sites for hydroxylation is 2. The summed E-state index contributed by atoms with van der Waals surface area (Å²) in [6.45, 7) is 3.89. The molecule has 0 unspecified atom stereocenters.